The highest BCUT2D eigenvalue weighted by Crippen LogP contribution is 2.26. The van der Waals surface area contributed by atoms with Crippen molar-refractivity contribution in [3.63, 3.8) is 0 Å². The fourth-order valence-corrected chi connectivity index (χ4v) is 4.83. The molecule has 1 N–H and O–H groups in total. The van der Waals surface area contributed by atoms with Crippen LogP contribution in [0.1, 0.15) is 15.4 Å². The van der Waals surface area contributed by atoms with Crippen LogP contribution in [0.5, 0.6) is 0 Å². The van der Waals surface area contributed by atoms with Crippen molar-refractivity contribution in [1.82, 2.24) is 9.88 Å². The molecule has 7 heteroatoms. The Labute approximate surface area is 171 Å². The first-order valence-electron chi connectivity index (χ1n) is 8.89. The molecular formula is C21H19N3O2S2. The van der Waals surface area contributed by atoms with Crippen molar-refractivity contribution < 1.29 is 9.59 Å². The Kier molecular flexibility index (Phi) is 5.45. The molecule has 1 aliphatic rings. The van der Waals surface area contributed by atoms with Gasteiger partial charge in [-0.15, -0.1) is 23.1 Å². The van der Waals surface area contributed by atoms with Crippen molar-refractivity contribution in [3.05, 3.63) is 70.5 Å². The molecule has 0 aliphatic carbocycles. The Balaban J connectivity index is 1.44. The maximum Gasteiger partial charge on any atom is 0.255 e. The fraction of sp³-hybridized carbons (Fsp3) is 0.190. The number of nitrogens with one attached hydrogen (secondary N) is 1. The minimum Gasteiger partial charge on any atom is -0.324 e. The number of nitrogens with zero attached hydrogens (tertiary/aromatic N) is 2. The zero-order chi connectivity index (χ0) is 19.5. The predicted octanol–water partition coefficient (Wildman–Crippen LogP) is 4.27. The summed E-state index contributed by atoms with van der Waals surface area (Å²) >= 11 is 3.20. The van der Waals surface area contributed by atoms with Gasteiger partial charge in [-0.2, -0.15) is 0 Å². The largest absolute Gasteiger partial charge is 0.324 e. The number of amides is 2. The van der Waals surface area contributed by atoms with Gasteiger partial charge in [-0.05, 0) is 31.2 Å². The number of benzene rings is 2. The number of rotatable bonds is 4. The molecule has 0 bridgehead atoms. The molecule has 142 valence electrons. The fourth-order valence-electron chi connectivity index (χ4n) is 3.05. The van der Waals surface area contributed by atoms with E-state index in [2.05, 4.69) is 10.3 Å². The van der Waals surface area contributed by atoms with E-state index < -0.39 is 6.04 Å². The molecule has 1 aromatic heterocycles. The minimum atomic E-state index is -0.474. The van der Waals surface area contributed by atoms with Gasteiger partial charge in [0.05, 0.1) is 16.6 Å². The van der Waals surface area contributed by atoms with E-state index in [-0.39, 0.29) is 11.8 Å². The average molecular weight is 410 g/mol. The predicted molar refractivity (Wildman–Crippen MR) is 115 cm³/mol. The van der Waals surface area contributed by atoms with Gasteiger partial charge in [0.25, 0.3) is 5.91 Å². The quantitative estimate of drug-likeness (QED) is 0.699. The van der Waals surface area contributed by atoms with Crippen molar-refractivity contribution in [3.8, 4) is 11.3 Å². The normalized spacial score (nSPS) is 16.2. The molecule has 2 heterocycles. The number of carbonyl (C=O) groups excluding carboxylic acids is 2. The van der Waals surface area contributed by atoms with Crippen LogP contribution in [0.4, 0.5) is 5.69 Å². The summed E-state index contributed by atoms with van der Waals surface area (Å²) in [6.45, 7) is 1.98. The lowest BCUT2D eigenvalue weighted by atomic mass is 10.1. The van der Waals surface area contributed by atoms with Crippen LogP contribution in [0.3, 0.4) is 0 Å². The molecule has 0 spiro atoms. The van der Waals surface area contributed by atoms with Gasteiger partial charge in [-0.1, -0.05) is 30.3 Å². The van der Waals surface area contributed by atoms with Gasteiger partial charge < -0.3 is 10.2 Å². The lowest BCUT2D eigenvalue weighted by Crippen LogP contribution is -2.44. The third kappa shape index (κ3) is 3.95. The Bertz CT molecular complexity index is 986. The van der Waals surface area contributed by atoms with Crippen LogP contribution in [-0.2, 0) is 4.79 Å². The SMILES string of the molecule is Cc1nc(-c2ccc(NC(=O)C3CSCN3C(=O)c3ccccc3)cc2)cs1. The van der Waals surface area contributed by atoms with Crippen molar-refractivity contribution in [2.24, 2.45) is 0 Å². The van der Waals surface area contributed by atoms with Gasteiger partial charge in [0, 0.05) is 27.9 Å². The summed E-state index contributed by atoms with van der Waals surface area (Å²) in [5, 5.41) is 5.98. The van der Waals surface area contributed by atoms with E-state index in [9.17, 15) is 9.59 Å². The molecule has 0 radical (unpaired) electrons. The molecule has 3 aromatic rings. The summed E-state index contributed by atoms with van der Waals surface area (Å²) in [5.74, 6) is 0.848. The first kappa shape index (κ1) is 18.7. The maximum absolute atomic E-state index is 12.8. The van der Waals surface area contributed by atoms with E-state index in [1.54, 1.807) is 40.1 Å². The van der Waals surface area contributed by atoms with Crippen molar-refractivity contribution in [2.45, 2.75) is 13.0 Å². The average Bonchev–Trinajstić information content (AvgIpc) is 3.38. The number of hydrogen-bond donors (Lipinski definition) is 1. The highest BCUT2D eigenvalue weighted by Gasteiger charge is 2.35. The Morgan fingerprint density at radius 1 is 1.11 bits per heavy atom. The Morgan fingerprint density at radius 2 is 1.86 bits per heavy atom. The number of carbonyl (C=O) groups is 2. The molecule has 2 amide bonds. The second-order valence-corrected chi connectivity index (χ2v) is 8.54. The Hall–Kier alpha value is -2.64. The second kappa shape index (κ2) is 8.16. The van der Waals surface area contributed by atoms with Gasteiger partial charge in [0.2, 0.25) is 5.91 Å². The summed E-state index contributed by atoms with van der Waals surface area (Å²) < 4.78 is 0. The molecule has 1 unspecified atom stereocenters. The molecule has 1 atom stereocenters. The van der Waals surface area contributed by atoms with Crippen LogP contribution in [0.15, 0.2) is 60.0 Å². The van der Waals surface area contributed by atoms with Gasteiger partial charge in [-0.3, -0.25) is 9.59 Å². The molecule has 0 saturated carbocycles. The van der Waals surface area contributed by atoms with Crippen LogP contribution < -0.4 is 5.32 Å². The van der Waals surface area contributed by atoms with E-state index in [4.69, 9.17) is 0 Å². The molecule has 5 nitrogen and oxygen atoms in total. The number of hydrogen-bond acceptors (Lipinski definition) is 5. The Morgan fingerprint density at radius 3 is 2.54 bits per heavy atom. The highest BCUT2D eigenvalue weighted by atomic mass is 32.2. The van der Waals surface area contributed by atoms with Gasteiger partial charge in [0.15, 0.2) is 0 Å². The highest BCUT2D eigenvalue weighted by molar-refractivity contribution is 7.99. The smallest absolute Gasteiger partial charge is 0.255 e. The summed E-state index contributed by atoms with van der Waals surface area (Å²) in [6, 6.07) is 16.2. The van der Waals surface area contributed by atoms with E-state index in [1.807, 2.05) is 54.8 Å². The summed E-state index contributed by atoms with van der Waals surface area (Å²) in [4.78, 5) is 31.7. The molecule has 1 saturated heterocycles. The minimum absolute atomic E-state index is 0.111. The van der Waals surface area contributed by atoms with E-state index in [0.29, 0.717) is 22.9 Å². The third-order valence-electron chi connectivity index (χ3n) is 4.53. The monoisotopic (exact) mass is 409 g/mol. The first-order chi connectivity index (χ1) is 13.6. The van der Waals surface area contributed by atoms with Gasteiger partial charge in [-0.25, -0.2) is 4.98 Å². The second-order valence-electron chi connectivity index (χ2n) is 6.48. The summed E-state index contributed by atoms with van der Waals surface area (Å²) in [5.41, 5.74) is 3.27. The van der Waals surface area contributed by atoms with Crippen molar-refractivity contribution in [1.29, 1.82) is 0 Å². The van der Waals surface area contributed by atoms with Crippen molar-refractivity contribution >= 4 is 40.6 Å². The maximum atomic E-state index is 12.8. The standard InChI is InChI=1S/C21H19N3O2S2/c1-14-22-18(11-28-14)15-7-9-17(10-8-15)23-20(25)19-12-27-13-24(19)21(26)16-5-3-2-4-6-16/h2-11,19H,12-13H2,1H3,(H,23,25). The number of aryl methyl sites for hydroxylation is 1. The van der Waals surface area contributed by atoms with Gasteiger partial charge >= 0.3 is 0 Å². The third-order valence-corrected chi connectivity index (χ3v) is 6.32. The van der Waals surface area contributed by atoms with Gasteiger partial charge in [0.1, 0.15) is 6.04 Å². The van der Waals surface area contributed by atoms with E-state index in [1.165, 1.54) is 0 Å². The molecule has 1 fully saturated rings. The molecule has 4 rings (SSSR count). The van der Waals surface area contributed by atoms with E-state index >= 15 is 0 Å². The molecule has 2 aromatic carbocycles. The molecule has 28 heavy (non-hydrogen) atoms. The van der Waals surface area contributed by atoms with Crippen LogP contribution >= 0.6 is 23.1 Å². The van der Waals surface area contributed by atoms with Crippen molar-refractivity contribution in [2.75, 3.05) is 16.9 Å². The topological polar surface area (TPSA) is 62.3 Å². The van der Waals surface area contributed by atoms with E-state index in [0.717, 1.165) is 16.3 Å². The molecular weight excluding hydrogens is 390 g/mol. The zero-order valence-electron chi connectivity index (χ0n) is 15.3. The summed E-state index contributed by atoms with van der Waals surface area (Å²) in [7, 11) is 0. The lowest BCUT2D eigenvalue weighted by molar-refractivity contribution is -0.119. The first-order valence-corrected chi connectivity index (χ1v) is 10.9. The number of anilines is 1. The van der Waals surface area contributed by atoms with Crippen LogP contribution in [0, 0.1) is 6.92 Å². The number of thiazole rings is 1. The van der Waals surface area contributed by atoms with Crippen LogP contribution in [0.25, 0.3) is 11.3 Å². The lowest BCUT2D eigenvalue weighted by Gasteiger charge is -2.23. The van der Waals surface area contributed by atoms with Crippen LogP contribution in [0.2, 0.25) is 0 Å². The number of aromatic nitrogens is 1. The number of thioether (sulfide) groups is 1. The van der Waals surface area contributed by atoms with Crippen LogP contribution in [-0.4, -0.2) is 39.4 Å². The zero-order valence-corrected chi connectivity index (χ0v) is 16.9. The summed E-state index contributed by atoms with van der Waals surface area (Å²) in [6.07, 6.45) is 0. The molecule has 1 aliphatic heterocycles.